The van der Waals surface area contributed by atoms with E-state index in [4.69, 9.17) is 28.0 Å². The molecule has 0 bridgehead atoms. The molecule has 0 aliphatic carbocycles. The molecular weight excluding hydrogens is 419 g/mol. The number of aliphatic hydroxyl groups is 2. The van der Waals surface area contributed by atoms with E-state index in [1.54, 1.807) is 20.8 Å². The third-order valence-corrected chi connectivity index (χ3v) is 6.11. The Labute approximate surface area is 178 Å². The Morgan fingerprint density at radius 2 is 1.87 bits per heavy atom. The van der Waals surface area contributed by atoms with Crippen LogP contribution in [0.2, 0.25) is 0 Å². The van der Waals surface area contributed by atoms with Gasteiger partial charge in [-0.05, 0) is 41.5 Å². The molecule has 0 saturated carbocycles. The molecular formula is C19H37O10P. The Morgan fingerprint density at radius 1 is 1.20 bits per heavy atom. The number of rotatable bonds is 11. The first-order valence-corrected chi connectivity index (χ1v) is 11.9. The summed E-state index contributed by atoms with van der Waals surface area (Å²) in [5.74, 6) is 0. The third kappa shape index (κ3) is 6.68. The molecule has 0 radical (unpaired) electrons. The zero-order valence-electron chi connectivity index (χ0n) is 18.6. The summed E-state index contributed by atoms with van der Waals surface area (Å²) in [7, 11) is -4.62. The molecule has 0 spiro atoms. The molecule has 8 atom stereocenters. The van der Waals surface area contributed by atoms with E-state index in [9.17, 15) is 19.7 Å². The van der Waals surface area contributed by atoms with E-state index in [1.165, 1.54) is 0 Å². The molecule has 0 amide bonds. The molecule has 10 nitrogen and oxygen atoms in total. The quantitative estimate of drug-likeness (QED) is 0.392. The van der Waals surface area contributed by atoms with Gasteiger partial charge in [-0.3, -0.25) is 9.05 Å². The van der Waals surface area contributed by atoms with Gasteiger partial charge in [-0.15, -0.1) is 0 Å². The van der Waals surface area contributed by atoms with E-state index in [0.717, 1.165) is 0 Å². The first kappa shape index (κ1) is 26.1. The van der Waals surface area contributed by atoms with Crippen LogP contribution < -0.4 is 0 Å². The Hall–Kier alpha value is -0.130. The highest BCUT2D eigenvalue weighted by Gasteiger charge is 2.57. The maximum atomic E-state index is 12.7. The minimum atomic E-state index is -4.62. The summed E-state index contributed by atoms with van der Waals surface area (Å²) in [4.78, 5) is 10.3. The molecule has 2 saturated heterocycles. The van der Waals surface area contributed by atoms with Crippen LogP contribution in [0.4, 0.5) is 0 Å². The summed E-state index contributed by atoms with van der Waals surface area (Å²) >= 11 is 0. The Morgan fingerprint density at radius 3 is 2.43 bits per heavy atom. The number of hydrogen-bond donors (Lipinski definition) is 3. The summed E-state index contributed by atoms with van der Waals surface area (Å²) in [5.41, 5.74) is -1.49. The van der Waals surface area contributed by atoms with Gasteiger partial charge in [-0.1, -0.05) is 0 Å². The molecule has 2 aliphatic rings. The van der Waals surface area contributed by atoms with Crippen LogP contribution in [0.25, 0.3) is 0 Å². The van der Waals surface area contributed by atoms with Crippen molar-refractivity contribution in [2.45, 2.75) is 102 Å². The zero-order valence-corrected chi connectivity index (χ0v) is 19.5. The second-order valence-corrected chi connectivity index (χ2v) is 10.0. The molecule has 3 N–H and O–H groups in total. The summed E-state index contributed by atoms with van der Waals surface area (Å²) in [5, 5.41) is 20.4. The minimum absolute atomic E-state index is 0.0259. The summed E-state index contributed by atoms with van der Waals surface area (Å²) in [6, 6.07) is 0. The van der Waals surface area contributed by atoms with Crippen molar-refractivity contribution < 1.29 is 47.7 Å². The van der Waals surface area contributed by atoms with E-state index in [0.29, 0.717) is 6.42 Å². The first-order chi connectivity index (χ1) is 13.9. The van der Waals surface area contributed by atoms with Crippen LogP contribution in [0.15, 0.2) is 0 Å². The van der Waals surface area contributed by atoms with Gasteiger partial charge in [0.25, 0.3) is 0 Å². The fourth-order valence-corrected chi connectivity index (χ4v) is 4.72. The van der Waals surface area contributed by atoms with Gasteiger partial charge in [-0.25, -0.2) is 4.57 Å². The molecule has 4 unspecified atom stereocenters. The first-order valence-electron chi connectivity index (χ1n) is 10.4. The summed E-state index contributed by atoms with van der Waals surface area (Å²) < 4.78 is 45.9. The highest BCUT2D eigenvalue weighted by Crippen LogP contribution is 2.50. The number of phosphoric acid groups is 1. The average Bonchev–Trinajstić information content (AvgIpc) is 3.09. The second-order valence-electron chi connectivity index (χ2n) is 8.63. The van der Waals surface area contributed by atoms with Crippen molar-refractivity contribution >= 4 is 7.82 Å². The van der Waals surface area contributed by atoms with Crippen molar-refractivity contribution in [3.63, 3.8) is 0 Å². The van der Waals surface area contributed by atoms with Crippen LogP contribution in [0.3, 0.4) is 0 Å². The van der Waals surface area contributed by atoms with Crippen molar-refractivity contribution in [1.82, 2.24) is 0 Å². The smallest absolute Gasteiger partial charge is 0.393 e. The van der Waals surface area contributed by atoms with Gasteiger partial charge in [0, 0.05) is 6.42 Å². The van der Waals surface area contributed by atoms with Crippen LogP contribution >= 0.6 is 7.82 Å². The van der Waals surface area contributed by atoms with Crippen molar-refractivity contribution in [3.8, 4) is 0 Å². The maximum absolute atomic E-state index is 12.7. The fraction of sp³-hybridized carbons (Fsp3) is 1.00. The molecule has 2 fully saturated rings. The van der Waals surface area contributed by atoms with Crippen molar-refractivity contribution in [1.29, 1.82) is 0 Å². The maximum Gasteiger partial charge on any atom is 0.472 e. The third-order valence-electron chi connectivity index (χ3n) is 5.14. The number of ether oxygens (including phenoxy) is 4. The molecule has 178 valence electrons. The summed E-state index contributed by atoms with van der Waals surface area (Å²) in [6.45, 7) is 9.96. The summed E-state index contributed by atoms with van der Waals surface area (Å²) in [6.07, 6.45) is -3.73. The van der Waals surface area contributed by atoms with E-state index in [1.807, 2.05) is 20.8 Å². The van der Waals surface area contributed by atoms with Gasteiger partial charge in [0.1, 0.15) is 23.9 Å². The molecule has 0 aromatic rings. The van der Waals surface area contributed by atoms with Crippen molar-refractivity contribution in [3.05, 3.63) is 0 Å². The number of hydrogen-bond acceptors (Lipinski definition) is 9. The molecule has 2 heterocycles. The predicted octanol–water partition coefficient (Wildman–Crippen LogP) is 1.40. The lowest BCUT2D eigenvalue weighted by atomic mass is 9.96. The van der Waals surface area contributed by atoms with E-state index in [-0.39, 0.29) is 37.6 Å². The minimum Gasteiger partial charge on any atom is -0.393 e. The monoisotopic (exact) mass is 456 g/mol. The molecule has 2 rings (SSSR count). The second kappa shape index (κ2) is 10.7. The van der Waals surface area contributed by atoms with Gasteiger partial charge in [0.2, 0.25) is 0 Å². The van der Waals surface area contributed by atoms with Crippen LogP contribution in [-0.2, 0) is 32.6 Å². The lowest BCUT2D eigenvalue weighted by Crippen LogP contribution is -2.51. The van der Waals surface area contributed by atoms with Crippen LogP contribution in [0.5, 0.6) is 0 Å². The fourth-order valence-electron chi connectivity index (χ4n) is 3.72. The Kier molecular flexibility index (Phi) is 9.28. The Bertz CT molecular complexity index is 588. The van der Waals surface area contributed by atoms with Gasteiger partial charge in [-0.2, -0.15) is 0 Å². The molecule has 30 heavy (non-hydrogen) atoms. The molecule has 2 aliphatic heterocycles. The van der Waals surface area contributed by atoms with Gasteiger partial charge < -0.3 is 34.1 Å². The van der Waals surface area contributed by atoms with Crippen LogP contribution in [-0.4, -0.2) is 89.4 Å². The highest BCUT2D eigenvalue weighted by molar-refractivity contribution is 7.47. The molecule has 0 aromatic heterocycles. The topological polar surface area (TPSA) is 133 Å². The lowest BCUT2D eigenvalue weighted by Gasteiger charge is -2.34. The van der Waals surface area contributed by atoms with Gasteiger partial charge in [0.15, 0.2) is 0 Å². The van der Waals surface area contributed by atoms with Crippen LogP contribution in [0.1, 0.15) is 48.0 Å². The van der Waals surface area contributed by atoms with Gasteiger partial charge in [0.05, 0.1) is 50.3 Å². The lowest BCUT2D eigenvalue weighted by molar-refractivity contribution is -0.152. The van der Waals surface area contributed by atoms with Crippen LogP contribution in [0, 0.1) is 0 Å². The predicted molar refractivity (Wildman–Crippen MR) is 107 cm³/mol. The average molecular weight is 456 g/mol. The molecule has 0 aromatic carbocycles. The van der Waals surface area contributed by atoms with Crippen molar-refractivity contribution in [2.24, 2.45) is 0 Å². The number of phosphoric ester groups is 1. The van der Waals surface area contributed by atoms with Crippen molar-refractivity contribution in [2.75, 3.05) is 19.8 Å². The van der Waals surface area contributed by atoms with Gasteiger partial charge >= 0.3 is 7.82 Å². The SMILES string of the molecule is CC(C)OC[C@@]1(CO)O[C@@H](C)[C@@H](O)C1OP(=O)(O)OCC1O[C@@H](C)CC1OC(C)C. The highest BCUT2D eigenvalue weighted by atomic mass is 31.2. The molecule has 11 heteroatoms. The number of aliphatic hydroxyl groups excluding tert-OH is 2. The standard InChI is InChI=1S/C19H37O10P/c1-11(2)24-10-19(9-20)18(17(21)14(6)28-19)29-30(22,23)25-8-16-15(26-12(3)4)7-13(5)27-16/h11-18,20-21H,7-10H2,1-6H3,(H,22,23)/t13-,14-,15?,16?,17+,18?,19+/m0/s1. The van der Waals surface area contributed by atoms with E-state index < -0.39 is 44.4 Å². The van der Waals surface area contributed by atoms with E-state index >= 15 is 0 Å². The normalized spacial score (nSPS) is 39.2. The largest absolute Gasteiger partial charge is 0.472 e. The zero-order chi connectivity index (χ0) is 22.7. The Balaban J connectivity index is 2.05. The van der Waals surface area contributed by atoms with E-state index in [2.05, 4.69) is 0 Å².